The predicted octanol–water partition coefficient (Wildman–Crippen LogP) is 1.34. The third kappa shape index (κ3) is 2.93. The summed E-state index contributed by atoms with van der Waals surface area (Å²) in [5, 5.41) is 18.7. The van der Waals surface area contributed by atoms with Crippen LogP contribution in [0.25, 0.3) is 0 Å². The molecule has 0 aliphatic carbocycles. The lowest BCUT2D eigenvalue weighted by atomic mass is 10.1. The van der Waals surface area contributed by atoms with Crippen molar-refractivity contribution in [3.8, 4) is 0 Å². The van der Waals surface area contributed by atoms with Gasteiger partial charge in [-0.2, -0.15) is 0 Å². The maximum absolute atomic E-state index is 9.67. The Hall–Kier alpha value is -1.13. The third-order valence-corrected chi connectivity index (χ3v) is 2.50. The second-order valence-electron chi connectivity index (χ2n) is 4.10. The summed E-state index contributed by atoms with van der Waals surface area (Å²) < 4.78 is 0. The van der Waals surface area contributed by atoms with E-state index in [0.717, 1.165) is 11.4 Å². The Morgan fingerprint density at radius 1 is 1.38 bits per heavy atom. The average molecular weight is 224 g/mol. The molecular weight excluding hydrogens is 204 g/mol. The van der Waals surface area contributed by atoms with E-state index < -0.39 is 6.10 Å². The van der Waals surface area contributed by atoms with E-state index in [-0.39, 0.29) is 12.6 Å². The van der Waals surface area contributed by atoms with Crippen molar-refractivity contribution >= 4 is 5.82 Å². The van der Waals surface area contributed by atoms with Crippen LogP contribution >= 0.6 is 0 Å². The summed E-state index contributed by atoms with van der Waals surface area (Å²) in [5.41, 5.74) is 0.796. The summed E-state index contributed by atoms with van der Waals surface area (Å²) in [5.74, 6) is 0.751. The quantitative estimate of drug-likeness (QED) is 0.792. The van der Waals surface area contributed by atoms with E-state index in [1.54, 1.807) is 13.1 Å². The molecule has 0 aliphatic rings. The van der Waals surface area contributed by atoms with Crippen molar-refractivity contribution in [2.75, 3.05) is 18.1 Å². The van der Waals surface area contributed by atoms with Crippen LogP contribution in [0.15, 0.2) is 18.3 Å². The van der Waals surface area contributed by atoms with Crippen LogP contribution < -0.4 is 4.90 Å². The van der Waals surface area contributed by atoms with Gasteiger partial charge in [0.15, 0.2) is 0 Å². The van der Waals surface area contributed by atoms with Gasteiger partial charge in [-0.15, -0.1) is 0 Å². The minimum Gasteiger partial charge on any atom is -0.395 e. The van der Waals surface area contributed by atoms with Crippen molar-refractivity contribution < 1.29 is 10.2 Å². The first-order chi connectivity index (χ1) is 7.57. The van der Waals surface area contributed by atoms with Crippen molar-refractivity contribution in [2.24, 2.45) is 0 Å². The zero-order chi connectivity index (χ0) is 12.1. The molecule has 4 nitrogen and oxygen atoms in total. The number of aromatic nitrogens is 1. The summed E-state index contributed by atoms with van der Waals surface area (Å²) in [6.45, 7) is 6.40. The van der Waals surface area contributed by atoms with Crippen molar-refractivity contribution in [2.45, 2.75) is 32.9 Å². The lowest BCUT2D eigenvalue weighted by molar-refractivity contribution is 0.199. The Labute approximate surface area is 96.6 Å². The van der Waals surface area contributed by atoms with Gasteiger partial charge in [0.25, 0.3) is 0 Å². The molecule has 0 saturated heterocycles. The van der Waals surface area contributed by atoms with Crippen molar-refractivity contribution in [1.29, 1.82) is 0 Å². The second-order valence-corrected chi connectivity index (χ2v) is 4.10. The Morgan fingerprint density at radius 2 is 2.06 bits per heavy atom. The fraction of sp³-hybridized carbons (Fsp3) is 0.583. The molecular formula is C12H20N2O2. The standard InChI is InChI=1S/C12H20N2O2/c1-9(2)14(7-8-15)12-11(10(3)16)5-4-6-13-12/h4-6,9-10,15-16H,7-8H2,1-3H3/t10-/m0/s1. The Kier molecular flexibility index (Phi) is 4.71. The van der Waals surface area contributed by atoms with Crippen molar-refractivity contribution in [3.05, 3.63) is 23.9 Å². The minimum atomic E-state index is -0.552. The Morgan fingerprint density at radius 3 is 2.56 bits per heavy atom. The van der Waals surface area contributed by atoms with E-state index in [9.17, 15) is 5.11 Å². The molecule has 1 heterocycles. The second kappa shape index (κ2) is 5.82. The van der Waals surface area contributed by atoms with Gasteiger partial charge in [0, 0.05) is 24.3 Å². The molecule has 0 amide bonds. The number of anilines is 1. The predicted molar refractivity (Wildman–Crippen MR) is 64.4 cm³/mol. The van der Waals surface area contributed by atoms with Gasteiger partial charge in [0.05, 0.1) is 12.7 Å². The number of hydrogen-bond acceptors (Lipinski definition) is 4. The smallest absolute Gasteiger partial charge is 0.134 e. The fourth-order valence-corrected chi connectivity index (χ4v) is 1.69. The van der Waals surface area contributed by atoms with Gasteiger partial charge in [-0.05, 0) is 26.8 Å². The first kappa shape index (κ1) is 12.9. The molecule has 0 radical (unpaired) electrons. The lowest BCUT2D eigenvalue weighted by Gasteiger charge is -2.29. The van der Waals surface area contributed by atoms with E-state index in [2.05, 4.69) is 4.98 Å². The fourth-order valence-electron chi connectivity index (χ4n) is 1.69. The summed E-state index contributed by atoms with van der Waals surface area (Å²) in [6, 6.07) is 3.91. The number of aliphatic hydroxyl groups excluding tert-OH is 2. The van der Waals surface area contributed by atoms with E-state index >= 15 is 0 Å². The highest BCUT2D eigenvalue weighted by Gasteiger charge is 2.17. The topological polar surface area (TPSA) is 56.6 Å². The first-order valence-corrected chi connectivity index (χ1v) is 5.58. The molecule has 0 aliphatic heterocycles. The van der Waals surface area contributed by atoms with Crippen molar-refractivity contribution in [1.82, 2.24) is 4.98 Å². The number of pyridine rings is 1. The summed E-state index contributed by atoms with van der Waals surface area (Å²) in [4.78, 5) is 6.28. The van der Waals surface area contributed by atoms with Gasteiger partial charge in [-0.3, -0.25) is 0 Å². The monoisotopic (exact) mass is 224 g/mol. The minimum absolute atomic E-state index is 0.0774. The van der Waals surface area contributed by atoms with Crippen LogP contribution in [0, 0.1) is 0 Å². The van der Waals surface area contributed by atoms with Crippen LogP contribution in [0.4, 0.5) is 5.82 Å². The maximum atomic E-state index is 9.67. The molecule has 0 fully saturated rings. The van der Waals surface area contributed by atoms with Crippen molar-refractivity contribution in [3.63, 3.8) is 0 Å². The highest BCUT2D eigenvalue weighted by atomic mass is 16.3. The summed E-state index contributed by atoms with van der Waals surface area (Å²) >= 11 is 0. The van der Waals surface area contributed by atoms with Gasteiger partial charge in [-0.25, -0.2) is 4.98 Å². The highest BCUT2D eigenvalue weighted by Crippen LogP contribution is 2.24. The molecule has 0 spiro atoms. The van der Waals surface area contributed by atoms with E-state index in [1.807, 2.05) is 30.9 Å². The first-order valence-electron chi connectivity index (χ1n) is 5.58. The van der Waals surface area contributed by atoms with Crippen LogP contribution in [0.3, 0.4) is 0 Å². The Bertz CT molecular complexity index is 327. The van der Waals surface area contributed by atoms with Gasteiger partial charge < -0.3 is 15.1 Å². The van der Waals surface area contributed by atoms with Crippen LogP contribution in [0.1, 0.15) is 32.4 Å². The molecule has 1 aromatic heterocycles. The molecule has 90 valence electrons. The number of nitrogens with zero attached hydrogens (tertiary/aromatic N) is 2. The number of rotatable bonds is 5. The molecule has 0 saturated carbocycles. The Balaban J connectivity index is 3.07. The third-order valence-electron chi connectivity index (χ3n) is 2.50. The molecule has 1 atom stereocenters. The van der Waals surface area contributed by atoms with Crippen LogP contribution in [-0.4, -0.2) is 34.4 Å². The SMILES string of the molecule is CC(C)N(CCO)c1ncccc1[C@H](C)O. The zero-order valence-corrected chi connectivity index (χ0v) is 10.1. The van der Waals surface area contributed by atoms with Gasteiger partial charge in [-0.1, -0.05) is 6.07 Å². The van der Waals surface area contributed by atoms with E-state index in [1.165, 1.54) is 0 Å². The molecule has 0 unspecified atom stereocenters. The average Bonchev–Trinajstić information content (AvgIpc) is 2.25. The molecule has 16 heavy (non-hydrogen) atoms. The van der Waals surface area contributed by atoms with Gasteiger partial charge in [0.2, 0.25) is 0 Å². The summed E-state index contributed by atoms with van der Waals surface area (Å²) in [7, 11) is 0. The normalized spacial score (nSPS) is 12.9. The van der Waals surface area contributed by atoms with E-state index in [4.69, 9.17) is 5.11 Å². The van der Waals surface area contributed by atoms with Crippen LogP contribution in [0.2, 0.25) is 0 Å². The molecule has 2 N–H and O–H groups in total. The zero-order valence-electron chi connectivity index (χ0n) is 10.1. The van der Waals surface area contributed by atoms with Crippen LogP contribution in [0.5, 0.6) is 0 Å². The lowest BCUT2D eigenvalue weighted by Crippen LogP contribution is -2.35. The molecule has 0 bridgehead atoms. The van der Waals surface area contributed by atoms with Crippen LogP contribution in [-0.2, 0) is 0 Å². The van der Waals surface area contributed by atoms with Gasteiger partial charge in [0.1, 0.15) is 5.82 Å². The maximum Gasteiger partial charge on any atom is 0.134 e. The summed E-state index contributed by atoms with van der Waals surface area (Å²) in [6.07, 6.45) is 1.15. The highest BCUT2D eigenvalue weighted by molar-refractivity contribution is 5.48. The van der Waals surface area contributed by atoms with E-state index in [0.29, 0.717) is 6.54 Å². The molecule has 1 rings (SSSR count). The number of hydrogen-bond donors (Lipinski definition) is 2. The number of aliphatic hydroxyl groups is 2. The molecule has 4 heteroatoms. The van der Waals surface area contributed by atoms with Gasteiger partial charge >= 0.3 is 0 Å². The largest absolute Gasteiger partial charge is 0.395 e. The molecule has 0 aromatic carbocycles. The molecule has 1 aromatic rings.